The Labute approximate surface area is 153 Å². The molecule has 1 aliphatic rings. The van der Waals surface area contributed by atoms with Crippen molar-refractivity contribution < 1.29 is 13.2 Å². The maximum Gasteiger partial charge on any atom is 0.246 e. The van der Waals surface area contributed by atoms with E-state index in [0.717, 1.165) is 29.4 Å². The number of benzene rings is 1. The molecule has 0 saturated carbocycles. The topological polar surface area (TPSA) is 62.7 Å². The van der Waals surface area contributed by atoms with Gasteiger partial charge in [-0.25, -0.2) is 13.4 Å². The lowest BCUT2D eigenvalue weighted by Gasteiger charge is -2.32. The number of aryl methyl sites for hydroxylation is 1. The summed E-state index contributed by atoms with van der Waals surface area (Å²) in [6, 6.07) is 5.28. The molecule has 1 fully saturated rings. The van der Waals surface area contributed by atoms with Gasteiger partial charge in [-0.15, -0.1) is 11.3 Å². The van der Waals surface area contributed by atoms with Crippen molar-refractivity contribution in [2.24, 2.45) is 0 Å². The van der Waals surface area contributed by atoms with Gasteiger partial charge in [-0.1, -0.05) is 0 Å². The van der Waals surface area contributed by atoms with Crippen LogP contribution in [0.1, 0.15) is 11.9 Å². The Bertz CT molecular complexity index is 841. The van der Waals surface area contributed by atoms with Crippen LogP contribution >= 0.6 is 11.3 Å². The first-order chi connectivity index (χ1) is 11.9. The summed E-state index contributed by atoms with van der Waals surface area (Å²) in [4.78, 5) is 6.82. The first kappa shape index (κ1) is 18.3. The maximum atomic E-state index is 13.2. The van der Waals surface area contributed by atoms with Crippen molar-refractivity contribution in [3.05, 3.63) is 28.6 Å². The van der Waals surface area contributed by atoms with E-state index >= 15 is 0 Å². The van der Waals surface area contributed by atoms with Crippen molar-refractivity contribution in [2.75, 3.05) is 39.8 Å². The third-order valence-electron chi connectivity index (χ3n) is 4.24. The quantitative estimate of drug-likeness (QED) is 0.796. The molecule has 0 aliphatic carbocycles. The number of aromatic nitrogens is 1. The molecule has 136 valence electrons. The number of nitrogens with zero attached hydrogens (tertiary/aromatic N) is 3. The lowest BCUT2D eigenvalue weighted by molar-refractivity contribution is 0.222. The van der Waals surface area contributed by atoms with E-state index in [9.17, 15) is 8.42 Å². The van der Waals surface area contributed by atoms with E-state index in [1.165, 1.54) is 0 Å². The van der Waals surface area contributed by atoms with Gasteiger partial charge in [-0.05, 0) is 39.1 Å². The Morgan fingerprint density at radius 1 is 1.24 bits per heavy atom. The highest BCUT2D eigenvalue weighted by atomic mass is 32.2. The zero-order valence-corrected chi connectivity index (χ0v) is 16.4. The first-order valence-corrected chi connectivity index (χ1v) is 10.6. The number of piperazine rings is 1. The Morgan fingerprint density at radius 2 is 1.96 bits per heavy atom. The fraction of sp³-hybridized carbons (Fsp3) is 0.471. The predicted molar refractivity (Wildman–Crippen MR) is 99.7 cm³/mol. The number of ether oxygens (including phenoxy) is 1. The number of hydrogen-bond donors (Lipinski definition) is 0. The SMILES string of the molecule is CCOc1ccc(-c2csc(C)n2)cc1S(=O)(=O)N1CCN(C)CC1. The summed E-state index contributed by atoms with van der Waals surface area (Å²) in [5, 5.41) is 2.89. The Morgan fingerprint density at radius 3 is 2.56 bits per heavy atom. The average Bonchev–Trinajstić information content (AvgIpc) is 3.02. The van der Waals surface area contributed by atoms with Crippen molar-refractivity contribution in [3.63, 3.8) is 0 Å². The lowest BCUT2D eigenvalue weighted by Crippen LogP contribution is -2.47. The Hall–Kier alpha value is -1.48. The first-order valence-electron chi connectivity index (χ1n) is 8.30. The van der Waals surface area contributed by atoms with E-state index in [2.05, 4.69) is 9.88 Å². The molecule has 0 bridgehead atoms. The second kappa shape index (κ2) is 7.41. The molecule has 0 unspecified atom stereocenters. The summed E-state index contributed by atoms with van der Waals surface area (Å²) in [5.74, 6) is 0.400. The average molecular weight is 382 g/mol. The number of rotatable bonds is 5. The molecule has 3 rings (SSSR count). The smallest absolute Gasteiger partial charge is 0.246 e. The van der Waals surface area contributed by atoms with Crippen molar-refractivity contribution in [1.29, 1.82) is 0 Å². The molecule has 1 aromatic carbocycles. The second-order valence-corrected chi connectivity index (χ2v) is 9.02. The van der Waals surface area contributed by atoms with Crippen molar-refractivity contribution >= 4 is 21.4 Å². The number of thiazole rings is 1. The van der Waals surface area contributed by atoms with Crippen LogP contribution in [0.25, 0.3) is 11.3 Å². The molecule has 1 aliphatic heterocycles. The van der Waals surface area contributed by atoms with Gasteiger partial charge in [0, 0.05) is 37.1 Å². The third-order valence-corrected chi connectivity index (χ3v) is 6.93. The number of hydrogen-bond acceptors (Lipinski definition) is 6. The minimum atomic E-state index is -3.60. The summed E-state index contributed by atoms with van der Waals surface area (Å²) in [6.45, 7) is 6.65. The van der Waals surface area contributed by atoms with Gasteiger partial charge in [0.1, 0.15) is 10.6 Å². The minimum absolute atomic E-state index is 0.224. The molecular formula is C17H23N3O3S2. The minimum Gasteiger partial charge on any atom is -0.492 e. The molecule has 6 nitrogen and oxygen atoms in total. The largest absolute Gasteiger partial charge is 0.492 e. The molecule has 0 spiro atoms. The van der Waals surface area contributed by atoms with E-state index in [-0.39, 0.29) is 4.90 Å². The van der Waals surface area contributed by atoms with E-state index in [1.807, 2.05) is 32.3 Å². The fourth-order valence-corrected chi connectivity index (χ4v) is 5.01. The van der Waals surface area contributed by atoms with E-state index < -0.39 is 10.0 Å². The molecule has 1 aromatic heterocycles. The highest BCUT2D eigenvalue weighted by Gasteiger charge is 2.30. The Kier molecular flexibility index (Phi) is 5.43. The van der Waals surface area contributed by atoms with E-state index in [0.29, 0.717) is 25.4 Å². The van der Waals surface area contributed by atoms with Gasteiger partial charge < -0.3 is 9.64 Å². The van der Waals surface area contributed by atoms with Crippen LogP contribution in [-0.2, 0) is 10.0 Å². The predicted octanol–water partition coefficient (Wildman–Crippen LogP) is 2.45. The lowest BCUT2D eigenvalue weighted by atomic mass is 10.2. The van der Waals surface area contributed by atoms with Crippen LogP contribution in [0.4, 0.5) is 0 Å². The van der Waals surface area contributed by atoms with Crippen molar-refractivity contribution in [1.82, 2.24) is 14.2 Å². The van der Waals surface area contributed by atoms with Crippen LogP contribution in [0, 0.1) is 6.92 Å². The molecule has 25 heavy (non-hydrogen) atoms. The van der Waals surface area contributed by atoms with Gasteiger partial charge in [0.05, 0.1) is 17.3 Å². The number of sulfonamides is 1. The maximum absolute atomic E-state index is 13.2. The van der Waals surface area contributed by atoms with Gasteiger partial charge in [-0.2, -0.15) is 4.31 Å². The summed E-state index contributed by atoms with van der Waals surface area (Å²) >= 11 is 1.55. The van der Waals surface area contributed by atoms with Gasteiger partial charge >= 0.3 is 0 Å². The second-order valence-electron chi connectivity index (χ2n) is 6.05. The van der Waals surface area contributed by atoms with Crippen LogP contribution in [0.5, 0.6) is 5.75 Å². The van der Waals surface area contributed by atoms with Gasteiger partial charge in [0.25, 0.3) is 0 Å². The molecule has 2 aromatic rings. The van der Waals surface area contributed by atoms with Crippen LogP contribution in [-0.4, -0.2) is 62.4 Å². The molecule has 0 N–H and O–H groups in total. The van der Waals surface area contributed by atoms with Crippen molar-refractivity contribution in [3.8, 4) is 17.0 Å². The standard InChI is InChI=1S/C17H23N3O3S2/c1-4-23-16-6-5-14(15-12-24-13(2)18-15)11-17(16)25(21,22)20-9-7-19(3)8-10-20/h5-6,11-12H,4,7-10H2,1-3H3. The molecule has 0 atom stereocenters. The summed E-state index contributed by atoms with van der Waals surface area (Å²) in [5.41, 5.74) is 1.58. The molecular weight excluding hydrogens is 358 g/mol. The van der Waals surface area contributed by atoms with Gasteiger partial charge in [-0.3, -0.25) is 0 Å². The van der Waals surface area contributed by atoms with Crippen LogP contribution < -0.4 is 4.74 Å². The van der Waals surface area contributed by atoms with Gasteiger partial charge in [0.2, 0.25) is 10.0 Å². The summed E-state index contributed by atoms with van der Waals surface area (Å²) in [6.07, 6.45) is 0. The van der Waals surface area contributed by atoms with Gasteiger partial charge in [0.15, 0.2) is 0 Å². The van der Waals surface area contributed by atoms with Crippen LogP contribution in [0.15, 0.2) is 28.5 Å². The van der Waals surface area contributed by atoms with E-state index in [4.69, 9.17) is 4.74 Å². The summed E-state index contributed by atoms with van der Waals surface area (Å²) < 4.78 is 33.5. The normalized spacial score (nSPS) is 16.9. The fourth-order valence-electron chi connectivity index (χ4n) is 2.81. The number of likely N-dealkylation sites (N-methyl/N-ethyl adjacent to an activating group) is 1. The zero-order valence-electron chi connectivity index (χ0n) is 14.7. The van der Waals surface area contributed by atoms with Crippen LogP contribution in [0.3, 0.4) is 0 Å². The van der Waals surface area contributed by atoms with E-state index in [1.54, 1.807) is 27.8 Å². The Balaban J connectivity index is 2.02. The highest BCUT2D eigenvalue weighted by molar-refractivity contribution is 7.89. The third kappa shape index (κ3) is 3.87. The van der Waals surface area contributed by atoms with Crippen molar-refractivity contribution in [2.45, 2.75) is 18.7 Å². The molecule has 1 saturated heterocycles. The van der Waals surface area contributed by atoms with Crippen LogP contribution in [0.2, 0.25) is 0 Å². The zero-order chi connectivity index (χ0) is 18.0. The molecule has 8 heteroatoms. The molecule has 2 heterocycles. The molecule has 0 amide bonds. The monoisotopic (exact) mass is 381 g/mol. The highest BCUT2D eigenvalue weighted by Crippen LogP contribution is 2.32. The molecule has 0 radical (unpaired) electrons. The summed E-state index contributed by atoms with van der Waals surface area (Å²) in [7, 11) is -1.60.